The van der Waals surface area contributed by atoms with Crippen molar-refractivity contribution in [3.05, 3.63) is 52.5 Å². The van der Waals surface area contributed by atoms with Crippen molar-refractivity contribution in [2.24, 2.45) is 5.92 Å². The van der Waals surface area contributed by atoms with Gasteiger partial charge in [0.2, 0.25) is 5.91 Å². The number of carbonyl (C=O) groups excluding carboxylic acids is 1. The summed E-state index contributed by atoms with van der Waals surface area (Å²) in [6.45, 7) is 1.33. The van der Waals surface area contributed by atoms with Crippen molar-refractivity contribution in [3.8, 4) is 0 Å². The minimum Gasteiger partial charge on any atom is -0.354 e. The summed E-state index contributed by atoms with van der Waals surface area (Å²) in [4.78, 5) is 16.0. The fourth-order valence-corrected chi connectivity index (χ4v) is 3.04. The molecule has 21 heavy (non-hydrogen) atoms. The van der Waals surface area contributed by atoms with Gasteiger partial charge in [-0.1, -0.05) is 23.2 Å². The summed E-state index contributed by atoms with van der Waals surface area (Å²) >= 11 is 12.0. The molecule has 1 N–H and O–H groups in total. The molecular weight excluding hydrogens is 309 g/mol. The minimum atomic E-state index is 0.0299. The zero-order valence-electron chi connectivity index (χ0n) is 11.3. The van der Waals surface area contributed by atoms with Crippen LogP contribution in [0.2, 0.25) is 10.0 Å². The van der Waals surface area contributed by atoms with Gasteiger partial charge in [0.15, 0.2) is 0 Å². The topological polar surface area (TPSA) is 46.9 Å². The van der Waals surface area contributed by atoms with E-state index in [1.54, 1.807) is 18.6 Å². The molecule has 1 aliphatic rings. The van der Waals surface area contributed by atoms with Gasteiger partial charge >= 0.3 is 0 Å². The fourth-order valence-electron chi connectivity index (χ4n) is 2.50. The smallest absolute Gasteiger partial charge is 0.223 e. The monoisotopic (exact) mass is 323 g/mol. The first-order chi connectivity index (χ1) is 10.1. The predicted molar refractivity (Wildman–Crippen MR) is 82.5 cm³/mol. The highest BCUT2D eigenvalue weighted by Crippen LogP contribution is 2.48. The molecule has 1 amide bonds. The Hall–Kier alpha value is -1.52. The van der Waals surface area contributed by atoms with Crippen molar-refractivity contribution in [1.29, 1.82) is 0 Å². The van der Waals surface area contributed by atoms with Crippen LogP contribution in [-0.2, 0) is 11.3 Å². The predicted octanol–water partition coefficient (Wildman–Crippen LogP) is 3.11. The van der Waals surface area contributed by atoms with Gasteiger partial charge in [-0.05, 0) is 36.1 Å². The van der Waals surface area contributed by atoms with Crippen LogP contribution in [0.4, 0.5) is 0 Å². The molecule has 3 rings (SSSR count). The summed E-state index contributed by atoms with van der Waals surface area (Å²) in [6, 6.07) is 5.48. The molecule has 1 saturated carbocycles. The first-order valence-corrected chi connectivity index (χ1v) is 7.58. The number of imidazole rings is 1. The van der Waals surface area contributed by atoms with E-state index in [9.17, 15) is 4.79 Å². The van der Waals surface area contributed by atoms with E-state index < -0.39 is 0 Å². The second kappa shape index (κ2) is 6.08. The normalized spacial score (nSPS) is 20.3. The van der Waals surface area contributed by atoms with Crippen LogP contribution in [0.1, 0.15) is 17.9 Å². The molecule has 0 radical (unpaired) electrons. The van der Waals surface area contributed by atoms with E-state index in [1.165, 1.54) is 0 Å². The molecule has 1 aromatic carbocycles. The number of nitrogens with zero attached hydrogens (tertiary/aromatic N) is 2. The second-order valence-electron chi connectivity index (χ2n) is 5.24. The van der Waals surface area contributed by atoms with E-state index in [-0.39, 0.29) is 17.7 Å². The van der Waals surface area contributed by atoms with Crippen LogP contribution in [0.5, 0.6) is 0 Å². The Labute approximate surface area is 133 Å². The molecule has 1 heterocycles. The lowest BCUT2D eigenvalue weighted by Gasteiger charge is -2.06. The molecule has 0 spiro atoms. The van der Waals surface area contributed by atoms with Crippen LogP contribution in [0.15, 0.2) is 36.9 Å². The average Bonchev–Trinajstić information content (AvgIpc) is 3.08. The molecule has 2 atom stereocenters. The maximum Gasteiger partial charge on any atom is 0.223 e. The zero-order chi connectivity index (χ0) is 14.8. The quantitative estimate of drug-likeness (QED) is 0.919. The van der Waals surface area contributed by atoms with Gasteiger partial charge in [-0.25, -0.2) is 4.98 Å². The summed E-state index contributed by atoms with van der Waals surface area (Å²) in [5.74, 6) is 0.355. The molecule has 4 nitrogen and oxygen atoms in total. The summed E-state index contributed by atoms with van der Waals surface area (Å²) in [6.07, 6.45) is 6.19. The van der Waals surface area contributed by atoms with Crippen LogP contribution in [-0.4, -0.2) is 22.0 Å². The van der Waals surface area contributed by atoms with Crippen molar-refractivity contribution in [1.82, 2.24) is 14.9 Å². The minimum absolute atomic E-state index is 0.0299. The summed E-state index contributed by atoms with van der Waals surface area (Å²) in [5, 5.41) is 4.19. The maximum absolute atomic E-state index is 12.1. The van der Waals surface area contributed by atoms with Gasteiger partial charge in [0.1, 0.15) is 0 Å². The first kappa shape index (κ1) is 14.4. The molecule has 0 saturated heterocycles. The van der Waals surface area contributed by atoms with Gasteiger partial charge in [-0.15, -0.1) is 0 Å². The Balaban J connectivity index is 1.51. The molecule has 2 aromatic rings. The van der Waals surface area contributed by atoms with Gasteiger partial charge in [0, 0.05) is 41.4 Å². The Kier molecular flexibility index (Phi) is 4.17. The lowest BCUT2D eigenvalue weighted by molar-refractivity contribution is -0.122. The molecular formula is C15H15Cl2N3O. The highest BCUT2D eigenvalue weighted by atomic mass is 35.5. The van der Waals surface area contributed by atoms with Gasteiger partial charge in [0.25, 0.3) is 0 Å². The highest BCUT2D eigenvalue weighted by molar-refractivity contribution is 6.34. The third-order valence-electron chi connectivity index (χ3n) is 3.67. The molecule has 1 aliphatic carbocycles. The zero-order valence-corrected chi connectivity index (χ0v) is 12.8. The van der Waals surface area contributed by atoms with Crippen LogP contribution in [0, 0.1) is 5.92 Å². The molecule has 0 aliphatic heterocycles. The second-order valence-corrected chi connectivity index (χ2v) is 6.12. The van der Waals surface area contributed by atoms with E-state index in [2.05, 4.69) is 10.3 Å². The maximum atomic E-state index is 12.1. The van der Waals surface area contributed by atoms with Crippen LogP contribution in [0.3, 0.4) is 0 Å². The van der Waals surface area contributed by atoms with Crippen molar-refractivity contribution in [2.45, 2.75) is 18.9 Å². The highest BCUT2D eigenvalue weighted by Gasteiger charge is 2.43. The van der Waals surface area contributed by atoms with Crippen molar-refractivity contribution in [2.75, 3.05) is 6.54 Å². The lowest BCUT2D eigenvalue weighted by atomic mass is 10.1. The fraction of sp³-hybridized carbons (Fsp3) is 0.333. The molecule has 1 aromatic heterocycles. The van der Waals surface area contributed by atoms with E-state index in [1.807, 2.05) is 22.9 Å². The van der Waals surface area contributed by atoms with Gasteiger partial charge in [-0.2, -0.15) is 0 Å². The van der Waals surface area contributed by atoms with Gasteiger partial charge in [-0.3, -0.25) is 4.79 Å². The Morgan fingerprint density at radius 2 is 2.10 bits per heavy atom. The van der Waals surface area contributed by atoms with Crippen molar-refractivity contribution < 1.29 is 4.79 Å². The number of hydrogen-bond donors (Lipinski definition) is 1. The van der Waals surface area contributed by atoms with Crippen LogP contribution in [0.25, 0.3) is 0 Å². The van der Waals surface area contributed by atoms with E-state index in [4.69, 9.17) is 23.2 Å². The first-order valence-electron chi connectivity index (χ1n) is 6.83. The standard InChI is InChI=1S/C15H15Cl2N3O/c16-11-5-10(6-12(17)7-11)13-8-14(13)15(21)19-2-4-20-3-1-18-9-20/h1,3,5-7,9,13-14H,2,4,8H2,(H,19,21)/t13-,14+/m0/s1. The number of aromatic nitrogens is 2. The summed E-state index contributed by atoms with van der Waals surface area (Å²) in [7, 11) is 0. The third-order valence-corrected chi connectivity index (χ3v) is 4.11. The lowest BCUT2D eigenvalue weighted by Crippen LogP contribution is -2.28. The van der Waals surface area contributed by atoms with E-state index >= 15 is 0 Å². The van der Waals surface area contributed by atoms with Crippen LogP contribution >= 0.6 is 23.2 Å². The number of rotatable bonds is 5. The van der Waals surface area contributed by atoms with Crippen LogP contribution < -0.4 is 5.32 Å². The Morgan fingerprint density at radius 1 is 1.33 bits per heavy atom. The number of benzene rings is 1. The van der Waals surface area contributed by atoms with Gasteiger partial charge < -0.3 is 9.88 Å². The number of hydrogen-bond acceptors (Lipinski definition) is 2. The van der Waals surface area contributed by atoms with Gasteiger partial charge in [0.05, 0.1) is 6.33 Å². The SMILES string of the molecule is O=C(NCCn1ccnc1)[C@@H]1C[C@H]1c1cc(Cl)cc(Cl)c1. The molecule has 6 heteroatoms. The van der Waals surface area contributed by atoms with Crippen molar-refractivity contribution >= 4 is 29.1 Å². The number of nitrogens with one attached hydrogen (secondary N) is 1. The largest absolute Gasteiger partial charge is 0.354 e. The summed E-state index contributed by atoms with van der Waals surface area (Å²) in [5.41, 5.74) is 1.04. The molecule has 0 bridgehead atoms. The summed E-state index contributed by atoms with van der Waals surface area (Å²) < 4.78 is 1.93. The Morgan fingerprint density at radius 3 is 2.76 bits per heavy atom. The molecule has 110 valence electrons. The number of carbonyl (C=O) groups is 1. The van der Waals surface area contributed by atoms with E-state index in [0.29, 0.717) is 16.6 Å². The van der Waals surface area contributed by atoms with Crippen molar-refractivity contribution in [3.63, 3.8) is 0 Å². The Bertz CT molecular complexity index is 622. The third kappa shape index (κ3) is 3.57. The average molecular weight is 324 g/mol. The number of halogens is 2. The van der Waals surface area contributed by atoms with E-state index in [0.717, 1.165) is 18.5 Å². The molecule has 0 unspecified atom stereocenters. The number of amides is 1. The molecule has 1 fully saturated rings.